The summed E-state index contributed by atoms with van der Waals surface area (Å²) in [6, 6.07) is 111. The minimum absolute atomic E-state index is 0.839. The molecule has 0 aliphatic heterocycles. The van der Waals surface area contributed by atoms with E-state index in [2.05, 4.69) is 303 Å². The number of hydrogen-bond acceptors (Lipinski definition) is 4. The molecular formula is C92H50O3S. The van der Waals surface area contributed by atoms with Crippen molar-refractivity contribution in [1.82, 2.24) is 0 Å². The van der Waals surface area contributed by atoms with Gasteiger partial charge in [0, 0.05) is 80.0 Å². The van der Waals surface area contributed by atoms with E-state index < -0.39 is 0 Å². The highest BCUT2D eigenvalue weighted by Crippen LogP contribution is 2.53. The molecular weight excluding hydrogens is 1190 g/mol. The SMILES string of the molecule is c1cc(-c2ccc3c4ccccc4c4c5cc(-c6c7ccccc7c(-c7cccc8c7sc7ccccc78)c7ccccc67)ccc5oc4c3c2)c2c(c1)oc1c(-c3c4ccccc4c(-c4ccc5oc6c7ccccc7c7ccccc7c6c5c4)c4ccccc34)cccc12. The summed E-state index contributed by atoms with van der Waals surface area (Å²) >= 11 is 1.89. The fourth-order valence-electron chi connectivity index (χ4n) is 17.0. The largest absolute Gasteiger partial charge is 0.455 e. The summed E-state index contributed by atoms with van der Waals surface area (Å²) in [5.41, 5.74) is 16.9. The van der Waals surface area contributed by atoms with Crippen molar-refractivity contribution in [2.75, 3.05) is 0 Å². The molecule has 22 aromatic rings. The molecule has 0 fully saturated rings. The molecule has 0 saturated carbocycles. The Bertz CT molecular complexity index is 7100. The molecule has 0 atom stereocenters. The third kappa shape index (κ3) is 7.15. The summed E-state index contributed by atoms with van der Waals surface area (Å²) in [6.45, 7) is 0. The fourth-order valence-corrected chi connectivity index (χ4v) is 18.3. The molecule has 0 N–H and O–H groups in total. The fraction of sp³-hybridized carbons (Fsp3) is 0. The topological polar surface area (TPSA) is 39.4 Å². The molecule has 0 spiro atoms. The zero-order chi connectivity index (χ0) is 62.4. The first-order valence-corrected chi connectivity index (χ1v) is 33.8. The Balaban J connectivity index is 0.712. The van der Waals surface area contributed by atoms with Gasteiger partial charge in [-0.3, -0.25) is 0 Å². The van der Waals surface area contributed by atoms with Crippen molar-refractivity contribution in [2.45, 2.75) is 0 Å². The average Bonchev–Trinajstić information content (AvgIpc) is 1.36. The number of furan rings is 3. The highest BCUT2D eigenvalue weighted by atomic mass is 32.1. The van der Waals surface area contributed by atoms with Gasteiger partial charge in [-0.2, -0.15) is 0 Å². The van der Waals surface area contributed by atoms with Crippen molar-refractivity contribution in [3.8, 4) is 55.6 Å². The summed E-state index contributed by atoms with van der Waals surface area (Å²) in [7, 11) is 0. The molecule has 442 valence electrons. The van der Waals surface area contributed by atoms with Crippen LogP contribution in [0.25, 0.3) is 228 Å². The van der Waals surface area contributed by atoms with Crippen LogP contribution in [-0.2, 0) is 0 Å². The number of thiophene rings is 1. The average molecular weight is 1240 g/mol. The monoisotopic (exact) mass is 1230 g/mol. The second-order valence-electron chi connectivity index (χ2n) is 25.9. The third-order valence-electron chi connectivity index (χ3n) is 21.0. The predicted octanol–water partition coefficient (Wildman–Crippen LogP) is 27.3. The molecule has 3 nitrogen and oxygen atoms in total. The molecule has 0 bridgehead atoms. The molecule has 4 aromatic heterocycles. The van der Waals surface area contributed by atoms with Gasteiger partial charge in [0.2, 0.25) is 0 Å². The van der Waals surface area contributed by atoms with Gasteiger partial charge in [0.25, 0.3) is 0 Å². The lowest BCUT2D eigenvalue weighted by Crippen LogP contribution is -1.91. The molecule has 96 heavy (non-hydrogen) atoms. The maximum Gasteiger partial charge on any atom is 0.143 e. The summed E-state index contributed by atoms with van der Waals surface area (Å²) in [6.07, 6.45) is 0. The summed E-state index contributed by atoms with van der Waals surface area (Å²) < 4.78 is 23.9. The lowest BCUT2D eigenvalue weighted by atomic mass is 9.85. The van der Waals surface area contributed by atoms with Crippen LogP contribution in [0.15, 0.2) is 317 Å². The molecule has 18 aromatic carbocycles. The Morgan fingerprint density at radius 3 is 1.12 bits per heavy atom. The van der Waals surface area contributed by atoms with Crippen molar-refractivity contribution >= 4 is 184 Å². The van der Waals surface area contributed by atoms with E-state index in [1.54, 1.807) is 0 Å². The molecule has 0 saturated heterocycles. The number of fused-ring (bicyclic) bond motifs is 26. The Labute approximate surface area is 552 Å². The predicted molar refractivity (Wildman–Crippen MR) is 408 cm³/mol. The first-order chi connectivity index (χ1) is 47.6. The van der Waals surface area contributed by atoms with Gasteiger partial charge in [0.1, 0.15) is 33.5 Å². The Hall–Kier alpha value is -12.3. The highest BCUT2D eigenvalue weighted by molar-refractivity contribution is 7.26. The van der Waals surface area contributed by atoms with Crippen LogP contribution in [0.1, 0.15) is 0 Å². The number of rotatable bonds is 5. The van der Waals surface area contributed by atoms with Gasteiger partial charge in [0.15, 0.2) is 0 Å². The standard InChI is InChI=1S/C92H50O3S/c1-4-24-60-55(20-1)57-22-3-14-34-70(57)90-87(60)76-49-52(43-46-78(76)93-90)82-62-26-6-10-30-66(62)84(67-31-11-7-27-63(67)82)72-37-18-38-73-86-54(35-19-40-80(86)95-89(72)73)51-42-45-58-56-21-2-5-25-61(56)88-77-50-53(44-47-79(77)94-91(88)75(58)48-51)83-64-28-8-12-32-68(64)85(69-33-13-9-29-65(69)83)74-39-17-36-71-59-23-15-16-41-81(59)96-92(71)74/h1-50H. The molecule has 4 heteroatoms. The van der Waals surface area contributed by atoms with Crippen LogP contribution in [0.4, 0.5) is 0 Å². The highest BCUT2D eigenvalue weighted by Gasteiger charge is 2.26. The van der Waals surface area contributed by atoms with E-state index >= 15 is 0 Å². The molecule has 0 unspecified atom stereocenters. The van der Waals surface area contributed by atoms with Gasteiger partial charge in [-0.1, -0.05) is 261 Å². The van der Waals surface area contributed by atoms with E-state index in [1.165, 1.54) is 102 Å². The summed E-state index contributed by atoms with van der Waals surface area (Å²) in [5.74, 6) is 0. The minimum atomic E-state index is 0.839. The van der Waals surface area contributed by atoms with Gasteiger partial charge in [0.05, 0.1) is 0 Å². The quantitative estimate of drug-likeness (QED) is 0.127. The maximum atomic E-state index is 7.24. The van der Waals surface area contributed by atoms with Crippen molar-refractivity contribution in [3.63, 3.8) is 0 Å². The third-order valence-corrected chi connectivity index (χ3v) is 22.2. The summed E-state index contributed by atoms with van der Waals surface area (Å²) in [4.78, 5) is 0. The molecule has 0 amide bonds. The molecule has 22 rings (SSSR count). The molecule has 0 aliphatic rings. The normalized spacial score (nSPS) is 12.4. The van der Waals surface area contributed by atoms with E-state index in [1.807, 2.05) is 11.3 Å². The van der Waals surface area contributed by atoms with Crippen molar-refractivity contribution in [1.29, 1.82) is 0 Å². The van der Waals surface area contributed by atoms with Gasteiger partial charge in [-0.15, -0.1) is 11.3 Å². The van der Waals surface area contributed by atoms with E-state index in [4.69, 9.17) is 13.3 Å². The summed E-state index contributed by atoms with van der Waals surface area (Å²) in [5, 5.41) is 28.1. The van der Waals surface area contributed by atoms with Crippen LogP contribution >= 0.6 is 11.3 Å². The second kappa shape index (κ2) is 19.6. The maximum absolute atomic E-state index is 7.24. The minimum Gasteiger partial charge on any atom is -0.455 e. The van der Waals surface area contributed by atoms with Crippen LogP contribution in [0.3, 0.4) is 0 Å². The van der Waals surface area contributed by atoms with Crippen molar-refractivity contribution < 1.29 is 13.3 Å². The molecule has 4 heterocycles. The smallest absolute Gasteiger partial charge is 0.143 e. The van der Waals surface area contributed by atoms with E-state index in [-0.39, 0.29) is 0 Å². The number of benzene rings is 18. The van der Waals surface area contributed by atoms with E-state index in [0.717, 1.165) is 126 Å². The van der Waals surface area contributed by atoms with Crippen molar-refractivity contribution in [2.24, 2.45) is 0 Å². The van der Waals surface area contributed by atoms with Gasteiger partial charge in [-0.05, 0) is 157 Å². The molecule has 0 aliphatic carbocycles. The van der Waals surface area contributed by atoms with Gasteiger partial charge in [-0.25, -0.2) is 0 Å². The second-order valence-corrected chi connectivity index (χ2v) is 26.9. The first kappa shape index (κ1) is 52.2. The number of para-hydroxylation sites is 1. The molecule has 0 radical (unpaired) electrons. The Morgan fingerprint density at radius 2 is 0.562 bits per heavy atom. The van der Waals surface area contributed by atoms with Gasteiger partial charge < -0.3 is 13.3 Å². The van der Waals surface area contributed by atoms with Crippen LogP contribution in [0, 0.1) is 0 Å². The Kier molecular flexibility index (Phi) is 10.7. The Morgan fingerprint density at radius 1 is 0.188 bits per heavy atom. The van der Waals surface area contributed by atoms with Crippen LogP contribution in [-0.4, -0.2) is 0 Å². The van der Waals surface area contributed by atoms with Crippen molar-refractivity contribution in [3.05, 3.63) is 303 Å². The first-order valence-electron chi connectivity index (χ1n) is 32.9. The number of hydrogen-bond donors (Lipinski definition) is 0. The van der Waals surface area contributed by atoms with Gasteiger partial charge >= 0.3 is 0 Å². The zero-order valence-electron chi connectivity index (χ0n) is 51.5. The lowest BCUT2D eigenvalue weighted by Gasteiger charge is -2.18. The van der Waals surface area contributed by atoms with E-state index in [9.17, 15) is 0 Å². The van der Waals surface area contributed by atoms with Crippen LogP contribution in [0.5, 0.6) is 0 Å². The van der Waals surface area contributed by atoms with Crippen LogP contribution in [0.2, 0.25) is 0 Å². The van der Waals surface area contributed by atoms with E-state index in [0.29, 0.717) is 0 Å². The zero-order valence-corrected chi connectivity index (χ0v) is 52.3. The lowest BCUT2D eigenvalue weighted by molar-refractivity contribution is 0.670. The van der Waals surface area contributed by atoms with Crippen LogP contribution < -0.4 is 0 Å².